The molecule has 3 rings (SSSR count). The summed E-state index contributed by atoms with van der Waals surface area (Å²) >= 11 is 1.17. The minimum atomic E-state index is -0.0980. The molecule has 122 valence electrons. The molecular weight excluding hydrogens is 324 g/mol. The first-order valence-electron chi connectivity index (χ1n) is 7.52. The standard InChI is InChI=1S/C17H16N4O2S/c1-11-3-5-14(6-4-11)21-17(13(8-18)9-19-21)20-10-15(7-16(20)23)24-12(2)22/h3-6,9,15H,7,10H2,1-2H3. The van der Waals surface area contributed by atoms with Gasteiger partial charge in [-0.05, 0) is 19.1 Å². The molecule has 1 amide bonds. The van der Waals surface area contributed by atoms with Gasteiger partial charge < -0.3 is 0 Å². The Hall–Kier alpha value is -2.59. The van der Waals surface area contributed by atoms with Gasteiger partial charge in [-0.3, -0.25) is 14.5 Å². The van der Waals surface area contributed by atoms with E-state index in [1.54, 1.807) is 9.58 Å². The van der Waals surface area contributed by atoms with Gasteiger partial charge in [-0.25, -0.2) is 4.68 Å². The number of nitrogens with zero attached hydrogens (tertiary/aromatic N) is 4. The number of hydrogen-bond donors (Lipinski definition) is 0. The zero-order valence-electron chi connectivity index (χ0n) is 13.4. The summed E-state index contributed by atoms with van der Waals surface area (Å²) in [5, 5.41) is 13.6. The van der Waals surface area contributed by atoms with Crippen molar-refractivity contribution in [2.24, 2.45) is 0 Å². The maximum absolute atomic E-state index is 12.4. The number of aryl methyl sites for hydroxylation is 1. The fourth-order valence-corrected chi connectivity index (χ4v) is 3.67. The lowest BCUT2D eigenvalue weighted by Crippen LogP contribution is -2.28. The molecule has 24 heavy (non-hydrogen) atoms. The number of nitriles is 1. The molecule has 0 spiro atoms. The van der Waals surface area contributed by atoms with Crippen molar-refractivity contribution in [2.45, 2.75) is 25.5 Å². The molecule has 0 bridgehead atoms. The van der Waals surface area contributed by atoms with Crippen LogP contribution in [0.3, 0.4) is 0 Å². The summed E-state index contributed by atoms with van der Waals surface area (Å²) in [6.07, 6.45) is 1.75. The summed E-state index contributed by atoms with van der Waals surface area (Å²) in [7, 11) is 0. The first-order chi connectivity index (χ1) is 11.5. The van der Waals surface area contributed by atoms with Crippen LogP contribution in [0.25, 0.3) is 5.69 Å². The Morgan fingerprint density at radius 2 is 2.08 bits per heavy atom. The number of rotatable bonds is 3. The number of anilines is 1. The van der Waals surface area contributed by atoms with Gasteiger partial charge in [0, 0.05) is 25.1 Å². The number of benzene rings is 1. The Balaban J connectivity index is 2.00. The molecule has 7 heteroatoms. The van der Waals surface area contributed by atoms with E-state index in [9.17, 15) is 14.9 Å². The summed E-state index contributed by atoms with van der Waals surface area (Å²) < 4.78 is 1.61. The molecular formula is C17H16N4O2S. The third-order valence-electron chi connectivity index (χ3n) is 3.82. The molecule has 1 saturated heterocycles. The van der Waals surface area contributed by atoms with Crippen LogP contribution >= 0.6 is 11.8 Å². The van der Waals surface area contributed by atoms with E-state index in [2.05, 4.69) is 11.2 Å². The van der Waals surface area contributed by atoms with Crippen LogP contribution in [0.15, 0.2) is 30.5 Å². The van der Waals surface area contributed by atoms with E-state index >= 15 is 0 Å². The molecule has 1 atom stereocenters. The minimum absolute atomic E-state index is 0.0119. The number of hydrogen-bond acceptors (Lipinski definition) is 5. The van der Waals surface area contributed by atoms with Gasteiger partial charge in [-0.1, -0.05) is 29.5 Å². The number of carbonyl (C=O) groups is 2. The van der Waals surface area contributed by atoms with Crippen molar-refractivity contribution in [3.63, 3.8) is 0 Å². The van der Waals surface area contributed by atoms with E-state index in [1.807, 2.05) is 31.2 Å². The van der Waals surface area contributed by atoms with Crippen LogP contribution in [-0.4, -0.2) is 32.6 Å². The lowest BCUT2D eigenvalue weighted by Gasteiger charge is -2.18. The first kappa shape index (κ1) is 16.3. The van der Waals surface area contributed by atoms with Crippen molar-refractivity contribution in [2.75, 3.05) is 11.4 Å². The molecule has 0 radical (unpaired) electrons. The highest BCUT2D eigenvalue weighted by molar-refractivity contribution is 8.14. The van der Waals surface area contributed by atoms with Gasteiger partial charge in [0.2, 0.25) is 5.91 Å². The van der Waals surface area contributed by atoms with Crippen molar-refractivity contribution >= 4 is 28.6 Å². The Morgan fingerprint density at radius 3 is 2.71 bits per heavy atom. The van der Waals surface area contributed by atoms with Crippen molar-refractivity contribution in [3.05, 3.63) is 41.6 Å². The SMILES string of the molecule is CC(=O)SC1CC(=O)N(c2c(C#N)cnn2-c2ccc(C)cc2)C1. The molecule has 1 unspecified atom stereocenters. The molecule has 0 aliphatic carbocycles. The third-order valence-corrected chi connectivity index (χ3v) is 4.80. The summed E-state index contributed by atoms with van der Waals surface area (Å²) in [4.78, 5) is 25.3. The smallest absolute Gasteiger partial charge is 0.229 e. The van der Waals surface area contributed by atoms with Crippen molar-refractivity contribution in [3.8, 4) is 11.8 Å². The molecule has 0 N–H and O–H groups in total. The van der Waals surface area contributed by atoms with Gasteiger partial charge in [0.1, 0.15) is 11.6 Å². The highest BCUT2D eigenvalue weighted by atomic mass is 32.2. The van der Waals surface area contributed by atoms with E-state index < -0.39 is 0 Å². The predicted octanol–water partition coefficient (Wildman–Crippen LogP) is 2.44. The second-order valence-electron chi connectivity index (χ2n) is 5.68. The lowest BCUT2D eigenvalue weighted by molar-refractivity contribution is -0.117. The fraction of sp³-hybridized carbons (Fsp3) is 0.294. The molecule has 1 aromatic heterocycles. The highest BCUT2D eigenvalue weighted by Gasteiger charge is 2.35. The van der Waals surface area contributed by atoms with Crippen molar-refractivity contribution in [1.29, 1.82) is 5.26 Å². The van der Waals surface area contributed by atoms with Crippen molar-refractivity contribution in [1.82, 2.24) is 9.78 Å². The quantitative estimate of drug-likeness (QED) is 0.857. The third kappa shape index (κ3) is 3.05. The van der Waals surface area contributed by atoms with Crippen LogP contribution in [0.1, 0.15) is 24.5 Å². The van der Waals surface area contributed by atoms with Gasteiger partial charge in [-0.15, -0.1) is 0 Å². The monoisotopic (exact) mass is 340 g/mol. The maximum atomic E-state index is 12.4. The van der Waals surface area contributed by atoms with Crippen LogP contribution in [0.4, 0.5) is 5.82 Å². The molecule has 0 saturated carbocycles. The first-order valence-corrected chi connectivity index (χ1v) is 8.40. The average Bonchev–Trinajstić information content (AvgIpc) is 3.10. The zero-order chi connectivity index (χ0) is 17.3. The Kier molecular flexibility index (Phi) is 4.40. The molecule has 2 heterocycles. The van der Waals surface area contributed by atoms with Gasteiger partial charge in [0.15, 0.2) is 10.9 Å². The summed E-state index contributed by atoms with van der Waals surface area (Å²) in [5.41, 5.74) is 2.24. The Bertz CT molecular complexity index is 835. The normalized spacial score (nSPS) is 17.1. The van der Waals surface area contributed by atoms with Gasteiger partial charge in [0.25, 0.3) is 0 Å². The summed E-state index contributed by atoms with van der Waals surface area (Å²) in [5.74, 6) is 0.372. The van der Waals surface area contributed by atoms with Crippen LogP contribution in [-0.2, 0) is 9.59 Å². The number of amides is 1. The van der Waals surface area contributed by atoms with Crippen LogP contribution in [0, 0.1) is 18.3 Å². The number of aromatic nitrogens is 2. The van der Waals surface area contributed by atoms with E-state index in [0.717, 1.165) is 11.3 Å². The Labute approximate surface area is 144 Å². The molecule has 1 aliphatic rings. The zero-order valence-corrected chi connectivity index (χ0v) is 14.2. The topological polar surface area (TPSA) is 79.0 Å². The molecule has 1 fully saturated rings. The highest BCUT2D eigenvalue weighted by Crippen LogP contribution is 2.32. The van der Waals surface area contributed by atoms with Crippen molar-refractivity contribution < 1.29 is 9.59 Å². The molecule has 6 nitrogen and oxygen atoms in total. The number of carbonyl (C=O) groups excluding carboxylic acids is 2. The van der Waals surface area contributed by atoms with Crippen LogP contribution in [0.2, 0.25) is 0 Å². The summed E-state index contributed by atoms with van der Waals surface area (Å²) in [6.45, 7) is 3.88. The largest absolute Gasteiger partial charge is 0.294 e. The fourth-order valence-electron chi connectivity index (χ4n) is 2.75. The molecule has 1 aliphatic heterocycles. The number of thioether (sulfide) groups is 1. The van der Waals surface area contributed by atoms with Crippen LogP contribution in [0.5, 0.6) is 0 Å². The van der Waals surface area contributed by atoms with Gasteiger partial charge in [-0.2, -0.15) is 10.4 Å². The van der Waals surface area contributed by atoms with E-state index in [0.29, 0.717) is 17.9 Å². The van der Waals surface area contributed by atoms with Gasteiger partial charge >= 0.3 is 0 Å². The van der Waals surface area contributed by atoms with Crippen LogP contribution < -0.4 is 4.90 Å². The average molecular weight is 340 g/mol. The van der Waals surface area contributed by atoms with Gasteiger partial charge in [0.05, 0.1) is 11.9 Å². The molecule has 1 aromatic carbocycles. The molecule has 2 aromatic rings. The summed E-state index contributed by atoms with van der Waals surface area (Å²) in [6, 6.07) is 9.80. The predicted molar refractivity (Wildman–Crippen MR) is 92.0 cm³/mol. The second-order valence-corrected chi connectivity index (χ2v) is 7.16. The van der Waals surface area contributed by atoms with E-state index in [4.69, 9.17) is 0 Å². The minimum Gasteiger partial charge on any atom is -0.294 e. The second kappa shape index (κ2) is 6.49. The van der Waals surface area contributed by atoms with E-state index in [1.165, 1.54) is 24.9 Å². The maximum Gasteiger partial charge on any atom is 0.229 e. The Morgan fingerprint density at radius 1 is 1.38 bits per heavy atom. The lowest BCUT2D eigenvalue weighted by atomic mass is 10.2. The van der Waals surface area contributed by atoms with E-state index in [-0.39, 0.29) is 22.7 Å².